The average molecular weight is 401 g/mol. The summed E-state index contributed by atoms with van der Waals surface area (Å²) >= 11 is 0. The number of carbonyl (C=O) groups excluding carboxylic acids is 1. The Hall–Kier alpha value is -3.14. The Bertz CT molecular complexity index is 999. The predicted molar refractivity (Wildman–Crippen MR) is 106 cm³/mol. The van der Waals surface area contributed by atoms with Gasteiger partial charge in [-0.2, -0.15) is 9.61 Å². The number of nitrogens with zero attached hydrogens (tertiary/aromatic N) is 5. The Morgan fingerprint density at radius 2 is 1.97 bits per heavy atom. The SMILES string of the molecule is CC(C)Nc1c(C(=O)NCC(F)C(C)(C)O)cnc2cc(-c3cncnc3)nn12. The van der Waals surface area contributed by atoms with Gasteiger partial charge in [0.25, 0.3) is 5.91 Å². The maximum atomic E-state index is 14.0. The summed E-state index contributed by atoms with van der Waals surface area (Å²) in [4.78, 5) is 25.0. The molecule has 154 valence electrons. The first-order valence-electron chi connectivity index (χ1n) is 9.22. The summed E-state index contributed by atoms with van der Waals surface area (Å²) in [6.07, 6.45) is 4.50. The van der Waals surface area contributed by atoms with Gasteiger partial charge in [0.1, 0.15) is 23.9 Å². The van der Waals surface area contributed by atoms with Gasteiger partial charge >= 0.3 is 0 Å². The summed E-state index contributed by atoms with van der Waals surface area (Å²) in [6, 6.07) is 1.77. The van der Waals surface area contributed by atoms with Crippen molar-refractivity contribution in [1.29, 1.82) is 0 Å². The van der Waals surface area contributed by atoms with Gasteiger partial charge in [0, 0.05) is 36.3 Å². The summed E-state index contributed by atoms with van der Waals surface area (Å²) in [5, 5.41) is 20.0. The van der Waals surface area contributed by atoms with Crippen LogP contribution in [0.4, 0.5) is 10.2 Å². The predicted octanol–water partition coefficient (Wildman–Crippen LogP) is 1.85. The lowest BCUT2D eigenvalue weighted by Crippen LogP contribution is -2.42. The van der Waals surface area contributed by atoms with Crippen LogP contribution in [0.5, 0.6) is 0 Å². The molecular formula is C19H24FN7O2. The highest BCUT2D eigenvalue weighted by Crippen LogP contribution is 2.23. The van der Waals surface area contributed by atoms with Crippen molar-refractivity contribution < 1.29 is 14.3 Å². The molecule has 1 atom stereocenters. The molecule has 9 nitrogen and oxygen atoms in total. The zero-order valence-corrected chi connectivity index (χ0v) is 16.7. The van der Waals surface area contributed by atoms with Crippen LogP contribution in [-0.2, 0) is 0 Å². The van der Waals surface area contributed by atoms with Gasteiger partial charge in [-0.1, -0.05) is 0 Å². The van der Waals surface area contributed by atoms with Crippen LogP contribution in [0, 0.1) is 0 Å². The highest BCUT2D eigenvalue weighted by Gasteiger charge is 2.27. The second-order valence-corrected chi connectivity index (χ2v) is 7.58. The van der Waals surface area contributed by atoms with Gasteiger partial charge in [0.2, 0.25) is 0 Å². The molecule has 0 aliphatic rings. The van der Waals surface area contributed by atoms with E-state index in [1.165, 1.54) is 30.9 Å². The molecule has 1 amide bonds. The van der Waals surface area contributed by atoms with Crippen molar-refractivity contribution in [3.8, 4) is 11.3 Å². The molecule has 3 aromatic heterocycles. The van der Waals surface area contributed by atoms with Crippen molar-refractivity contribution in [2.24, 2.45) is 0 Å². The monoisotopic (exact) mass is 401 g/mol. The Morgan fingerprint density at radius 3 is 2.59 bits per heavy atom. The molecule has 0 aliphatic carbocycles. The second-order valence-electron chi connectivity index (χ2n) is 7.58. The Morgan fingerprint density at radius 1 is 1.28 bits per heavy atom. The molecule has 3 aromatic rings. The molecule has 1 unspecified atom stereocenters. The first-order chi connectivity index (χ1) is 13.7. The molecule has 0 radical (unpaired) electrons. The van der Waals surface area contributed by atoms with Crippen LogP contribution in [0.2, 0.25) is 0 Å². The van der Waals surface area contributed by atoms with E-state index in [-0.39, 0.29) is 18.2 Å². The van der Waals surface area contributed by atoms with Crippen LogP contribution in [0.3, 0.4) is 0 Å². The van der Waals surface area contributed by atoms with Crippen molar-refractivity contribution in [3.05, 3.63) is 36.5 Å². The third-order valence-electron chi connectivity index (χ3n) is 4.22. The molecule has 3 N–H and O–H groups in total. The van der Waals surface area contributed by atoms with E-state index in [1.807, 2.05) is 13.8 Å². The fourth-order valence-electron chi connectivity index (χ4n) is 2.61. The van der Waals surface area contributed by atoms with Gasteiger partial charge in [-0.15, -0.1) is 0 Å². The van der Waals surface area contributed by atoms with Gasteiger partial charge in [0.15, 0.2) is 5.65 Å². The van der Waals surface area contributed by atoms with Gasteiger partial charge in [0.05, 0.1) is 17.8 Å². The topological polar surface area (TPSA) is 117 Å². The summed E-state index contributed by atoms with van der Waals surface area (Å²) < 4.78 is 15.5. The number of amides is 1. The zero-order chi connectivity index (χ0) is 21.2. The first-order valence-corrected chi connectivity index (χ1v) is 9.22. The highest BCUT2D eigenvalue weighted by atomic mass is 19.1. The van der Waals surface area contributed by atoms with E-state index in [1.54, 1.807) is 18.5 Å². The summed E-state index contributed by atoms with van der Waals surface area (Å²) in [6.45, 7) is 6.22. The summed E-state index contributed by atoms with van der Waals surface area (Å²) in [5.41, 5.74) is 0.512. The van der Waals surface area contributed by atoms with Crippen LogP contribution in [0.25, 0.3) is 16.9 Å². The molecule has 29 heavy (non-hydrogen) atoms. The van der Waals surface area contributed by atoms with Crippen LogP contribution in [0.15, 0.2) is 31.0 Å². The summed E-state index contributed by atoms with van der Waals surface area (Å²) in [5.74, 6) is -0.0844. The molecular weight excluding hydrogens is 377 g/mol. The maximum absolute atomic E-state index is 14.0. The van der Waals surface area contributed by atoms with E-state index in [2.05, 4.69) is 30.7 Å². The lowest BCUT2D eigenvalue weighted by molar-refractivity contribution is -0.00177. The van der Waals surface area contributed by atoms with Gasteiger partial charge in [-0.05, 0) is 27.7 Å². The van der Waals surface area contributed by atoms with Gasteiger partial charge in [-0.3, -0.25) is 4.79 Å². The number of nitrogens with one attached hydrogen (secondary N) is 2. The first kappa shape index (κ1) is 20.6. The molecule has 3 heterocycles. The van der Waals surface area contributed by atoms with Crippen LogP contribution < -0.4 is 10.6 Å². The largest absolute Gasteiger partial charge is 0.387 e. The van der Waals surface area contributed by atoms with Crippen molar-refractivity contribution in [1.82, 2.24) is 29.9 Å². The number of hydrogen-bond acceptors (Lipinski definition) is 7. The van der Waals surface area contributed by atoms with Crippen molar-refractivity contribution >= 4 is 17.4 Å². The maximum Gasteiger partial charge on any atom is 0.256 e. The number of aliphatic hydroxyl groups is 1. The third kappa shape index (κ3) is 4.65. The van der Waals surface area contributed by atoms with E-state index < -0.39 is 17.7 Å². The number of hydrogen-bond donors (Lipinski definition) is 3. The number of rotatable bonds is 7. The average Bonchev–Trinajstić information content (AvgIpc) is 3.10. The minimum atomic E-state index is -1.61. The quantitative estimate of drug-likeness (QED) is 0.553. The van der Waals surface area contributed by atoms with Crippen molar-refractivity contribution in [3.63, 3.8) is 0 Å². The minimum Gasteiger partial charge on any atom is -0.387 e. The van der Waals surface area contributed by atoms with Crippen LogP contribution in [-0.4, -0.2) is 59.9 Å². The number of anilines is 1. The molecule has 0 aliphatic heterocycles. The third-order valence-corrected chi connectivity index (χ3v) is 4.22. The second kappa shape index (κ2) is 8.08. The lowest BCUT2D eigenvalue weighted by Gasteiger charge is -2.22. The Balaban J connectivity index is 1.97. The van der Waals surface area contributed by atoms with Gasteiger partial charge in [-0.25, -0.2) is 19.3 Å². The molecule has 10 heteroatoms. The number of alkyl halides is 1. The Kier molecular flexibility index (Phi) is 5.73. The minimum absolute atomic E-state index is 0.00478. The standard InChI is InChI=1S/C19H24FN7O2/c1-11(2)25-17-13(18(28)24-9-15(20)19(3,4)29)8-23-16-5-14(26-27(16)17)12-6-21-10-22-7-12/h5-8,10-11,15,25,29H,9H2,1-4H3,(H,24,28). The van der Waals surface area contributed by atoms with E-state index in [9.17, 15) is 14.3 Å². The number of fused-ring (bicyclic) bond motifs is 1. The van der Waals surface area contributed by atoms with Crippen LogP contribution >= 0.6 is 0 Å². The van der Waals surface area contributed by atoms with Crippen LogP contribution in [0.1, 0.15) is 38.1 Å². The Labute approximate surface area is 167 Å². The van der Waals surface area contributed by atoms with Gasteiger partial charge < -0.3 is 15.7 Å². The number of halogens is 1. The molecule has 0 saturated carbocycles. The lowest BCUT2D eigenvalue weighted by atomic mass is 10.0. The molecule has 3 rings (SSSR count). The molecule has 0 bridgehead atoms. The van der Waals surface area contributed by atoms with Crippen molar-refractivity contribution in [2.75, 3.05) is 11.9 Å². The molecule has 0 fully saturated rings. The fourth-order valence-corrected chi connectivity index (χ4v) is 2.61. The molecule has 0 spiro atoms. The molecule has 0 saturated heterocycles. The highest BCUT2D eigenvalue weighted by molar-refractivity contribution is 5.99. The fraction of sp³-hybridized carbons (Fsp3) is 0.421. The number of carbonyl (C=O) groups is 1. The van der Waals surface area contributed by atoms with E-state index in [0.717, 1.165) is 0 Å². The smallest absolute Gasteiger partial charge is 0.256 e. The normalized spacial score (nSPS) is 12.9. The zero-order valence-electron chi connectivity index (χ0n) is 16.7. The number of aromatic nitrogens is 5. The van der Waals surface area contributed by atoms with E-state index in [0.29, 0.717) is 22.7 Å². The molecule has 0 aromatic carbocycles. The van der Waals surface area contributed by atoms with E-state index >= 15 is 0 Å². The summed E-state index contributed by atoms with van der Waals surface area (Å²) in [7, 11) is 0. The van der Waals surface area contributed by atoms with Crippen molar-refractivity contribution in [2.45, 2.75) is 45.5 Å². The van der Waals surface area contributed by atoms with E-state index in [4.69, 9.17) is 0 Å².